The van der Waals surface area contributed by atoms with E-state index in [4.69, 9.17) is 0 Å². The predicted octanol–water partition coefficient (Wildman–Crippen LogP) is 3.36. The van der Waals surface area contributed by atoms with Gasteiger partial charge in [-0.1, -0.05) is 28.9 Å². The highest BCUT2D eigenvalue weighted by Gasteiger charge is 2.23. The number of halogens is 1. The normalized spacial score (nSPS) is 14.4. The Morgan fingerprint density at radius 3 is 2.88 bits per heavy atom. The van der Waals surface area contributed by atoms with Crippen LogP contribution in [0.1, 0.15) is 31.6 Å². The van der Waals surface area contributed by atoms with Gasteiger partial charge in [0.15, 0.2) is 0 Å². The molecular formula is C12H18BrNOS. The number of rotatable bonds is 6. The molecule has 0 aliphatic rings. The van der Waals surface area contributed by atoms with Crippen molar-refractivity contribution in [1.29, 1.82) is 0 Å². The van der Waals surface area contributed by atoms with Gasteiger partial charge >= 0.3 is 0 Å². The number of carbonyl (C=O) groups is 1. The Kier molecular flexibility index (Phi) is 5.49. The summed E-state index contributed by atoms with van der Waals surface area (Å²) in [5, 5.41) is 6.03. The summed E-state index contributed by atoms with van der Waals surface area (Å²) in [5.41, 5.74) is -0.0855. The van der Waals surface area contributed by atoms with Crippen LogP contribution in [0.15, 0.2) is 17.5 Å². The van der Waals surface area contributed by atoms with Gasteiger partial charge in [0, 0.05) is 15.7 Å². The summed E-state index contributed by atoms with van der Waals surface area (Å²) in [4.78, 5) is 13.0. The van der Waals surface area contributed by atoms with E-state index in [1.807, 2.05) is 17.5 Å². The zero-order chi connectivity index (χ0) is 12.0. The molecule has 90 valence electrons. The summed E-state index contributed by atoms with van der Waals surface area (Å²) in [6.45, 7) is 4.20. The largest absolute Gasteiger partial charge is 0.351 e. The van der Waals surface area contributed by atoms with Crippen molar-refractivity contribution >= 4 is 33.2 Å². The second-order valence-electron chi connectivity index (χ2n) is 4.16. The molecule has 0 spiro atoms. The zero-order valence-corrected chi connectivity index (χ0v) is 12.2. The van der Waals surface area contributed by atoms with E-state index in [1.165, 1.54) is 0 Å². The lowest BCUT2D eigenvalue weighted by atomic mass is 9.95. The van der Waals surface area contributed by atoms with E-state index in [2.05, 4.69) is 35.1 Å². The van der Waals surface area contributed by atoms with Crippen LogP contribution in [0.5, 0.6) is 0 Å². The van der Waals surface area contributed by atoms with Gasteiger partial charge in [-0.15, -0.1) is 11.3 Å². The Hall–Kier alpha value is -0.350. The molecule has 1 aromatic rings. The second-order valence-corrected chi connectivity index (χ2v) is 5.98. The lowest BCUT2D eigenvalue weighted by Crippen LogP contribution is -2.46. The highest BCUT2D eigenvalue weighted by Crippen LogP contribution is 2.16. The lowest BCUT2D eigenvalue weighted by molar-refractivity contribution is -0.122. The number of hydrogen-bond acceptors (Lipinski definition) is 2. The van der Waals surface area contributed by atoms with Gasteiger partial charge in [-0.25, -0.2) is 0 Å². The Labute approximate surface area is 110 Å². The first kappa shape index (κ1) is 13.7. The molecule has 1 rings (SSSR count). The molecule has 0 aromatic carbocycles. The molecule has 1 atom stereocenters. The standard InChI is InChI=1S/C12H18BrNOS/c1-3-12(2,6-7-13)14-11(15)9-10-5-4-8-16-10/h4-5,8H,3,6-7,9H2,1-2H3,(H,14,15). The van der Waals surface area contributed by atoms with Crippen molar-refractivity contribution < 1.29 is 4.79 Å². The number of hydrogen-bond donors (Lipinski definition) is 1. The maximum Gasteiger partial charge on any atom is 0.225 e. The molecule has 0 radical (unpaired) electrons. The third-order valence-electron chi connectivity index (χ3n) is 2.78. The molecule has 0 saturated carbocycles. The minimum atomic E-state index is -0.0855. The fourth-order valence-corrected chi connectivity index (χ4v) is 3.07. The summed E-state index contributed by atoms with van der Waals surface area (Å²) in [6, 6.07) is 3.98. The molecule has 0 saturated heterocycles. The molecule has 4 heteroatoms. The van der Waals surface area contributed by atoms with Crippen LogP contribution >= 0.6 is 27.3 Å². The minimum absolute atomic E-state index is 0.0855. The van der Waals surface area contributed by atoms with Gasteiger partial charge < -0.3 is 5.32 Å². The molecule has 0 bridgehead atoms. The van der Waals surface area contributed by atoms with E-state index in [-0.39, 0.29) is 11.4 Å². The molecular weight excluding hydrogens is 286 g/mol. The first-order valence-corrected chi connectivity index (χ1v) is 7.49. The molecule has 2 nitrogen and oxygen atoms in total. The third kappa shape index (κ3) is 4.26. The highest BCUT2D eigenvalue weighted by molar-refractivity contribution is 9.09. The van der Waals surface area contributed by atoms with Crippen molar-refractivity contribution in [2.45, 2.75) is 38.6 Å². The van der Waals surface area contributed by atoms with Crippen LogP contribution in [0.25, 0.3) is 0 Å². The highest BCUT2D eigenvalue weighted by atomic mass is 79.9. The van der Waals surface area contributed by atoms with E-state index >= 15 is 0 Å². The summed E-state index contributed by atoms with van der Waals surface area (Å²) in [7, 11) is 0. The van der Waals surface area contributed by atoms with Crippen LogP contribution in [0.3, 0.4) is 0 Å². The van der Waals surface area contributed by atoms with Gasteiger partial charge in [-0.2, -0.15) is 0 Å². The van der Waals surface area contributed by atoms with Gasteiger partial charge in [0.05, 0.1) is 6.42 Å². The predicted molar refractivity (Wildman–Crippen MR) is 73.3 cm³/mol. The molecule has 1 amide bonds. The molecule has 1 unspecified atom stereocenters. The number of carbonyl (C=O) groups excluding carboxylic acids is 1. The topological polar surface area (TPSA) is 29.1 Å². The van der Waals surface area contributed by atoms with E-state index in [0.29, 0.717) is 6.42 Å². The maximum atomic E-state index is 11.8. The van der Waals surface area contributed by atoms with Crippen LogP contribution in [0, 0.1) is 0 Å². The molecule has 1 aromatic heterocycles. The molecule has 0 fully saturated rings. The van der Waals surface area contributed by atoms with Crippen LogP contribution in [-0.2, 0) is 11.2 Å². The Morgan fingerprint density at radius 2 is 2.38 bits per heavy atom. The zero-order valence-electron chi connectivity index (χ0n) is 9.75. The summed E-state index contributed by atoms with van der Waals surface area (Å²) < 4.78 is 0. The molecule has 1 heterocycles. The van der Waals surface area contributed by atoms with Crippen molar-refractivity contribution in [2.75, 3.05) is 5.33 Å². The Balaban J connectivity index is 2.49. The fraction of sp³-hybridized carbons (Fsp3) is 0.583. The maximum absolute atomic E-state index is 11.8. The quantitative estimate of drug-likeness (QED) is 0.802. The number of thiophene rings is 1. The SMILES string of the molecule is CCC(C)(CCBr)NC(=O)Cc1cccs1. The lowest BCUT2D eigenvalue weighted by Gasteiger charge is -2.29. The van der Waals surface area contributed by atoms with Crippen molar-refractivity contribution in [1.82, 2.24) is 5.32 Å². The monoisotopic (exact) mass is 303 g/mol. The second kappa shape index (κ2) is 6.40. The third-order valence-corrected chi connectivity index (χ3v) is 4.06. The minimum Gasteiger partial charge on any atom is -0.351 e. The van der Waals surface area contributed by atoms with E-state index < -0.39 is 0 Å². The summed E-state index contributed by atoms with van der Waals surface area (Å²) in [6.07, 6.45) is 2.41. The number of alkyl halides is 1. The smallest absolute Gasteiger partial charge is 0.225 e. The van der Waals surface area contributed by atoms with Crippen molar-refractivity contribution in [3.63, 3.8) is 0 Å². The van der Waals surface area contributed by atoms with Crippen LogP contribution in [0.2, 0.25) is 0 Å². The van der Waals surface area contributed by atoms with Crippen molar-refractivity contribution in [2.24, 2.45) is 0 Å². The molecule has 16 heavy (non-hydrogen) atoms. The van der Waals surface area contributed by atoms with Gasteiger partial charge in [-0.3, -0.25) is 4.79 Å². The number of amides is 1. The average Bonchev–Trinajstić information content (AvgIpc) is 2.70. The van der Waals surface area contributed by atoms with E-state index in [9.17, 15) is 4.79 Å². The van der Waals surface area contributed by atoms with Crippen LogP contribution in [0.4, 0.5) is 0 Å². The molecule has 0 aliphatic heterocycles. The van der Waals surface area contributed by atoms with Gasteiger partial charge in [-0.05, 0) is 31.2 Å². The van der Waals surface area contributed by atoms with Gasteiger partial charge in [0.2, 0.25) is 5.91 Å². The fourth-order valence-electron chi connectivity index (χ4n) is 1.49. The van der Waals surface area contributed by atoms with Crippen LogP contribution in [-0.4, -0.2) is 16.8 Å². The molecule has 0 aliphatic carbocycles. The summed E-state index contributed by atoms with van der Waals surface area (Å²) >= 11 is 5.06. The van der Waals surface area contributed by atoms with Gasteiger partial charge in [0.25, 0.3) is 0 Å². The van der Waals surface area contributed by atoms with Gasteiger partial charge in [0.1, 0.15) is 0 Å². The average molecular weight is 304 g/mol. The molecule has 1 N–H and O–H groups in total. The first-order valence-electron chi connectivity index (χ1n) is 5.49. The van der Waals surface area contributed by atoms with E-state index in [1.54, 1.807) is 11.3 Å². The first-order chi connectivity index (χ1) is 7.59. The van der Waals surface area contributed by atoms with Crippen LogP contribution < -0.4 is 5.32 Å². The number of nitrogens with one attached hydrogen (secondary N) is 1. The Bertz CT molecular complexity index is 326. The van der Waals surface area contributed by atoms with Crippen molar-refractivity contribution in [3.8, 4) is 0 Å². The summed E-state index contributed by atoms with van der Waals surface area (Å²) in [5.74, 6) is 0.118. The Morgan fingerprint density at radius 1 is 1.62 bits per heavy atom. The van der Waals surface area contributed by atoms with Crippen molar-refractivity contribution in [3.05, 3.63) is 22.4 Å². The van der Waals surface area contributed by atoms with E-state index in [0.717, 1.165) is 23.0 Å².